The molecular weight excluding hydrogens is 376 g/mol. The van der Waals surface area contributed by atoms with Crippen molar-refractivity contribution in [1.82, 2.24) is 5.43 Å². The minimum absolute atomic E-state index is 0.0248. The van der Waals surface area contributed by atoms with Crippen molar-refractivity contribution in [2.24, 2.45) is 15.3 Å². The smallest absolute Gasteiger partial charge is 0.271 e. The van der Waals surface area contributed by atoms with Crippen LogP contribution in [0.1, 0.15) is 15.9 Å². The van der Waals surface area contributed by atoms with Gasteiger partial charge in [-0.1, -0.05) is 54.6 Å². The molecule has 0 fully saturated rings. The first-order chi connectivity index (χ1) is 14.7. The first kappa shape index (κ1) is 19.0. The molecular formula is C24H18N4O2. The van der Waals surface area contributed by atoms with Crippen LogP contribution in [-0.2, 0) is 0 Å². The van der Waals surface area contributed by atoms with Gasteiger partial charge >= 0.3 is 0 Å². The number of hydrogen-bond donors (Lipinski definition) is 2. The van der Waals surface area contributed by atoms with Crippen molar-refractivity contribution >= 4 is 34.3 Å². The number of aromatic hydroxyl groups is 1. The normalized spacial score (nSPS) is 11.3. The largest absolute Gasteiger partial charge is 0.507 e. The molecule has 4 aromatic carbocycles. The maximum Gasteiger partial charge on any atom is 0.271 e. The van der Waals surface area contributed by atoms with E-state index in [0.717, 1.165) is 16.5 Å². The highest BCUT2D eigenvalue weighted by molar-refractivity contribution is 5.95. The number of hydrogen-bond acceptors (Lipinski definition) is 5. The molecule has 1 amide bonds. The highest BCUT2D eigenvalue weighted by Crippen LogP contribution is 2.28. The summed E-state index contributed by atoms with van der Waals surface area (Å²) in [4.78, 5) is 12.0. The predicted octanol–water partition coefficient (Wildman–Crippen LogP) is 5.72. The standard InChI is InChI=1S/C24H18N4O2/c29-23-14-13-20(26-27-22-12-6-10-17-7-4-5-11-21(17)22)15-19(23)16-25-28-24(30)18-8-2-1-3-9-18/h1-16,29H,(H,28,30)/b25-16-,27-26?. The number of rotatable bonds is 5. The number of carbonyl (C=O) groups is 1. The predicted molar refractivity (Wildman–Crippen MR) is 118 cm³/mol. The third-order valence-electron chi connectivity index (χ3n) is 4.46. The summed E-state index contributed by atoms with van der Waals surface area (Å²) < 4.78 is 0. The number of phenols is 1. The highest BCUT2D eigenvalue weighted by Gasteiger charge is 2.04. The Balaban J connectivity index is 1.51. The third kappa shape index (κ3) is 4.39. The summed E-state index contributed by atoms with van der Waals surface area (Å²) >= 11 is 0. The molecule has 4 rings (SSSR count). The molecule has 0 heterocycles. The molecule has 4 aromatic rings. The Kier molecular flexibility index (Phi) is 5.57. The second kappa shape index (κ2) is 8.79. The zero-order valence-corrected chi connectivity index (χ0v) is 15.9. The summed E-state index contributed by atoms with van der Waals surface area (Å²) in [5.74, 6) is -0.310. The fourth-order valence-corrected chi connectivity index (χ4v) is 2.93. The minimum Gasteiger partial charge on any atom is -0.507 e. The fourth-order valence-electron chi connectivity index (χ4n) is 2.93. The van der Waals surface area contributed by atoms with Gasteiger partial charge < -0.3 is 5.11 Å². The molecule has 2 N–H and O–H groups in total. The molecule has 0 atom stereocenters. The summed E-state index contributed by atoms with van der Waals surface area (Å²) in [7, 11) is 0. The zero-order chi connectivity index (χ0) is 20.8. The molecule has 6 nitrogen and oxygen atoms in total. The van der Waals surface area contributed by atoms with Crippen LogP contribution in [-0.4, -0.2) is 17.2 Å². The lowest BCUT2D eigenvalue weighted by Crippen LogP contribution is -2.17. The Bertz CT molecular complexity index is 1250. The number of carbonyl (C=O) groups excluding carboxylic acids is 1. The molecule has 0 unspecified atom stereocenters. The second-order valence-corrected chi connectivity index (χ2v) is 6.51. The van der Waals surface area contributed by atoms with E-state index in [2.05, 4.69) is 20.8 Å². The first-order valence-electron chi connectivity index (χ1n) is 9.32. The van der Waals surface area contributed by atoms with Gasteiger partial charge in [0.2, 0.25) is 0 Å². The van der Waals surface area contributed by atoms with Crippen LogP contribution >= 0.6 is 0 Å². The number of benzene rings is 4. The van der Waals surface area contributed by atoms with Gasteiger partial charge in [0.15, 0.2) is 0 Å². The van der Waals surface area contributed by atoms with E-state index in [1.807, 2.05) is 48.5 Å². The molecule has 0 aromatic heterocycles. The number of nitrogens with one attached hydrogen (secondary N) is 1. The number of nitrogens with zero attached hydrogens (tertiary/aromatic N) is 3. The van der Waals surface area contributed by atoms with Crippen molar-refractivity contribution in [2.75, 3.05) is 0 Å². The maximum atomic E-state index is 12.0. The summed E-state index contributed by atoms with van der Waals surface area (Å²) in [6, 6.07) is 27.4. The average Bonchev–Trinajstić information content (AvgIpc) is 2.80. The molecule has 0 spiro atoms. The maximum absolute atomic E-state index is 12.0. The Morgan fingerprint density at radius 1 is 0.833 bits per heavy atom. The molecule has 146 valence electrons. The van der Waals surface area contributed by atoms with E-state index < -0.39 is 0 Å². The Morgan fingerprint density at radius 3 is 2.47 bits per heavy atom. The Labute approximate surface area is 173 Å². The van der Waals surface area contributed by atoms with Gasteiger partial charge in [-0.3, -0.25) is 4.79 Å². The first-order valence-corrected chi connectivity index (χ1v) is 9.32. The second-order valence-electron chi connectivity index (χ2n) is 6.51. The zero-order valence-electron chi connectivity index (χ0n) is 15.9. The molecule has 0 saturated carbocycles. The van der Waals surface area contributed by atoms with Gasteiger partial charge in [-0.05, 0) is 41.8 Å². The van der Waals surface area contributed by atoms with Gasteiger partial charge in [0.25, 0.3) is 5.91 Å². The van der Waals surface area contributed by atoms with Crippen LogP contribution in [0.15, 0.2) is 106 Å². The number of hydrazone groups is 1. The summed E-state index contributed by atoms with van der Waals surface area (Å²) in [6.07, 6.45) is 1.37. The Morgan fingerprint density at radius 2 is 1.60 bits per heavy atom. The van der Waals surface area contributed by atoms with Crippen molar-refractivity contribution in [2.45, 2.75) is 0 Å². The molecule has 0 radical (unpaired) electrons. The monoisotopic (exact) mass is 394 g/mol. The van der Waals surface area contributed by atoms with Crippen LogP contribution in [0.3, 0.4) is 0 Å². The number of fused-ring (bicyclic) bond motifs is 1. The van der Waals surface area contributed by atoms with Gasteiger partial charge in [-0.25, -0.2) is 5.43 Å². The summed E-state index contributed by atoms with van der Waals surface area (Å²) in [5.41, 5.74) is 4.66. The summed E-state index contributed by atoms with van der Waals surface area (Å²) in [6.45, 7) is 0. The van der Waals surface area contributed by atoms with E-state index in [9.17, 15) is 9.90 Å². The van der Waals surface area contributed by atoms with Gasteiger partial charge in [0.05, 0.1) is 17.6 Å². The van der Waals surface area contributed by atoms with E-state index in [0.29, 0.717) is 16.8 Å². The van der Waals surface area contributed by atoms with E-state index in [1.165, 1.54) is 12.3 Å². The Hall–Kier alpha value is -4.32. The number of amides is 1. The van der Waals surface area contributed by atoms with Crippen LogP contribution in [0.2, 0.25) is 0 Å². The van der Waals surface area contributed by atoms with Crippen LogP contribution < -0.4 is 5.43 Å². The van der Waals surface area contributed by atoms with Crippen molar-refractivity contribution in [3.05, 3.63) is 102 Å². The quantitative estimate of drug-likeness (QED) is 0.257. The lowest BCUT2D eigenvalue weighted by molar-refractivity contribution is 0.0955. The van der Waals surface area contributed by atoms with Crippen LogP contribution in [0.25, 0.3) is 10.8 Å². The van der Waals surface area contributed by atoms with Crippen LogP contribution in [0.4, 0.5) is 11.4 Å². The van der Waals surface area contributed by atoms with Crippen LogP contribution in [0, 0.1) is 0 Å². The van der Waals surface area contributed by atoms with Crippen molar-refractivity contribution in [3.63, 3.8) is 0 Å². The topological polar surface area (TPSA) is 86.4 Å². The van der Waals surface area contributed by atoms with E-state index in [1.54, 1.807) is 36.4 Å². The van der Waals surface area contributed by atoms with E-state index >= 15 is 0 Å². The van der Waals surface area contributed by atoms with Crippen molar-refractivity contribution in [1.29, 1.82) is 0 Å². The number of azo groups is 1. The van der Waals surface area contributed by atoms with Crippen LogP contribution in [0.5, 0.6) is 5.75 Å². The van der Waals surface area contributed by atoms with Crippen molar-refractivity contribution in [3.8, 4) is 5.75 Å². The number of phenolic OH excluding ortho intramolecular Hbond substituents is 1. The summed E-state index contributed by atoms with van der Waals surface area (Å²) in [5, 5.41) is 24.7. The molecule has 30 heavy (non-hydrogen) atoms. The SMILES string of the molecule is O=C(N/N=C\c1cc(N=Nc2cccc3ccccc23)ccc1O)c1ccccc1. The third-order valence-corrected chi connectivity index (χ3v) is 4.46. The van der Waals surface area contributed by atoms with Gasteiger partial charge in [0, 0.05) is 16.5 Å². The van der Waals surface area contributed by atoms with E-state index in [4.69, 9.17) is 0 Å². The van der Waals surface area contributed by atoms with Gasteiger partial charge in [-0.2, -0.15) is 10.2 Å². The lowest BCUT2D eigenvalue weighted by Gasteiger charge is -2.02. The average molecular weight is 394 g/mol. The minimum atomic E-state index is -0.335. The molecule has 0 aliphatic rings. The lowest BCUT2D eigenvalue weighted by atomic mass is 10.1. The molecule has 0 aliphatic heterocycles. The fraction of sp³-hybridized carbons (Fsp3) is 0. The van der Waals surface area contributed by atoms with Gasteiger partial charge in [-0.15, -0.1) is 5.11 Å². The molecule has 0 bridgehead atoms. The molecule has 0 aliphatic carbocycles. The van der Waals surface area contributed by atoms with E-state index in [-0.39, 0.29) is 11.7 Å². The van der Waals surface area contributed by atoms with Gasteiger partial charge in [0.1, 0.15) is 5.75 Å². The van der Waals surface area contributed by atoms with Crippen molar-refractivity contribution < 1.29 is 9.90 Å². The highest BCUT2D eigenvalue weighted by atomic mass is 16.3. The molecule has 6 heteroatoms. The molecule has 0 saturated heterocycles.